The van der Waals surface area contributed by atoms with Crippen molar-refractivity contribution < 1.29 is 27.8 Å². The maximum atomic E-state index is 13.9. The second-order valence-corrected chi connectivity index (χ2v) is 11.6. The quantitative estimate of drug-likeness (QED) is 0.439. The number of ether oxygens (including phenoxy) is 1. The number of aromatic carboxylic acids is 1. The minimum absolute atomic E-state index is 0.00209. The Morgan fingerprint density at radius 1 is 1.11 bits per heavy atom. The highest BCUT2D eigenvalue weighted by Gasteiger charge is 2.47. The molecule has 2 unspecified atom stereocenters. The second-order valence-electron chi connectivity index (χ2n) is 11.6. The van der Waals surface area contributed by atoms with Crippen LogP contribution in [-0.2, 0) is 11.3 Å². The Kier molecular flexibility index (Phi) is 6.64. The van der Waals surface area contributed by atoms with Crippen LogP contribution in [0.3, 0.4) is 0 Å². The number of nitrogens with zero attached hydrogens (tertiary/aromatic N) is 3. The van der Waals surface area contributed by atoms with Crippen LogP contribution in [0.5, 0.6) is 0 Å². The first kappa shape index (κ1) is 25.6. The zero-order chi connectivity index (χ0) is 26.6. The molecular formula is C28H35F3N4O3. The van der Waals surface area contributed by atoms with Crippen molar-refractivity contribution in [2.45, 2.75) is 114 Å². The summed E-state index contributed by atoms with van der Waals surface area (Å²) in [4.78, 5) is 25.9. The van der Waals surface area contributed by atoms with Gasteiger partial charge in [-0.3, -0.25) is 0 Å². The molecule has 2 bridgehead atoms. The number of anilines is 1. The average Bonchev–Trinajstić information content (AvgIpc) is 3.57. The first-order valence-corrected chi connectivity index (χ1v) is 13.9. The number of rotatable bonds is 7. The van der Waals surface area contributed by atoms with Gasteiger partial charge in [-0.15, -0.1) is 0 Å². The van der Waals surface area contributed by atoms with Crippen LogP contribution in [0, 0.1) is 12.8 Å². The number of aryl methyl sites for hydroxylation is 1. The van der Waals surface area contributed by atoms with Crippen molar-refractivity contribution in [3.63, 3.8) is 0 Å². The summed E-state index contributed by atoms with van der Waals surface area (Å²) < 4.78 is 48.3. The molecule has 2 saturated carbocycles. The lowest BCUT2D eigenvalue weighted by atomic mass is 9.74. The van der Waals surface area contributed by atoms with Crippen molar-refractivity contribution in [1.82, 2.24) is 15.0 Å². The van der Waals surface area contributed by atoms with E-state index in [-0.39, 0.29) is 30.3 Å². The molecule has 0 spiro atoms. The Morgan fingerprint density at radius 2 is 1.82 bits per heavy atom. The van der Waals surface area contributed by atoms with Gasteiger partial charge in [-0.05, 0) is 81.8 Å². The summed E-state index contributed by atoms with van der Waals surface area (Å²) in [6, 6.07) is 1.79. The van der Waals surface area contributed by atoms with Crippen LogP contribution in [0.2, 0.25) is 0 Å². The van der Waals surface area contributed by atoms with Gasteiger partial charge >= 0.3 is 12.1 Å². The number of fused-ring (bicyclic) bond motifs is 2. The number of hydrogen-bond donors (Lipinski definition) is 2. The Balaban J connectivity index is 1.19. The fourth-order valence-corrected chi connectivity index (χ4v) is 7.18. The monoisotopic (exact) mass is 532 g/mol. The van der Waals surface area contributed by atoms with E-state index in [0.717, 1.165) is 61.8 Å². The summed E-state index contributed by atoms with van der Waals surface area (Å²) in [6.07, 6.45) is 5.45. The molecule has 206 valence electrons. The number of aromatic nitrogens is 3. The van der Waals surface area contributed by atoms with Crippen molar-refractivity contribution in [2.24, 2.45) is 5.92 Å². The molecule has 4 fully saturated rings. The summed E-state index contributed by atoms with van der Waals surface area (Å²) in [5.41, 5.74) is 3.46. The van der Waals surface area contributed by atoms with Gasteiger partial charge in [-0.25, -0.2) is 14.8 Å². The lowest BCUT2D eigenvalue weighted by Crippen LogP contribution is -2.46. The molecule has 38 heavy (non-hydrogen) atoms. The third kappa shape index (κ3) is 4.92. The normalized spacial score (nSPS) is 29.6. The number of piperidine rings is 1. The molecular weight excluding hydrogens is 497 g/mol. The van der Waals surface area contributed by atoms with Crippen LogP contribution < -0.4 is 4.90 Å². The molecule has 2 aromatic rings. The van der Waals surface area contributed by atoms with Crippen LogP contribution in [0.25, 0.3) is 0 Å². The Bertz CT molecular complexity index is 1180. The lowest BCUT2D eigenvalue weighted by Gasteiger charge is -2.39. The summed E-state index contributed by atoms with van der Waals surface area (Å²) in [5, 5.41) is 9.43. The molecule has 2 N–H and O–H groups in total. The first-order valence-electron chi connectivity index (χ1n) is 13.9. The van der Waals surface area contributed by atoms with Gasteiger partial charge in [-0.2, -0.15) is 13.2 Å². The van der Waals surface area contributed by atoms with Gasteiger partial charge in [0.25, 0.3) is 0 Å². The van der Waals surface area contributed by atoms with Crippen molar-refractivity contribution >= 4 is 11.9 Å². The van der Waals surface area contributed by atoms with Crippen molar-refractivity contribution in [3.05, 3.63) is 40.5 Å². The van der Waals surface area contributed by atoms with Crippen molar-refractivity contribution in [1.29, 1.82) is 0 Å². The van der Waals surface area contributed by atoms with Crippen molar-refractivity contribution in [3.8, 4) is 0 Å². The Morgan fingerprint density at radius 3 is 2.47 bits per heavy atom. The first-order chi connectivity index (χ1) is 18.2. The van der Waals surface area contributed by atoms with Gasteiger partial charge in [0.05, 0.1) is 18.6 Å². The number of carboxylic acid groups (broad SMARTS) is 1. The van der Waals surface area contributed by atoms with Crippen LogP contribution >= 0.6 is 0 Å². The zero-order valence-electron chi connectivity index (χ0n) is 21.6. The molecule has 6 rings (SSSR count). The number of aromatic amines is 1. The molecule has 0 amide bonds. The summed E-state index contributed by atoms with van der Waals surface area (Å²) in [6.45, 7) is 2.11. The molecule has 2 aromatic heterocycles. The number of hydrogen-bond acceptors (Lipinski definition) is 5. The highest BCUT2D eigenvalue weighted by Crippen LogP contribution is 2.50. The van der Waals surface area contributed by atoms with E-state index in [1.54, 1.807) is 6.92 Å². The molecule has 2 saturated heterocycles. The Hall–Kier alpha value is -2.62. The van der Waals surface area contributed by atoms with Gasteiger partial charge in [0.15, 0.2) is 5.69 Å². The van der Waals surface area contributed by atoms with Crippen LogP contribution in [0.15, 0.2) is 12.3 Å². The number of halogens is 3. The minimum Gasteiger partial charge on any atom is -0.477 e. The van der Waals surface area contributed by atoms with E-state index in [2.05, 4.69) is 19.9 Å². The molecule has 2 aliphatic heterocycles. The predicted octanol–water partition coefficient (Wildman–Crippen LogP) is 6.24. The van der Waals surface area contributed by atoms with Crippen LogP contribution in [0.1, 0.15) is 109 Å². The molecule has 0 radical (unpaired) electrons. The van der Waals surface area contributed by atoms with E-state index >= 15 is 0 Å². The molecule has 4 atom stereocenters. The number of nitrogens with one attached hydrogen (secondary N) is 1. The molecule has 10 heteroatoms. The van der Waals surface area contributed by atoms with Crippen LogP contribution in [0.4, 0.5) is 19.1 Å². The Labute approximate surface area is 220 Å². The largest absolute Gasteiger partial charge is 0.477 e. The number of carbonyl (C=O) groups is 1. The van der Waals surface area contributed by atoms with Gasteiger partial charge in [0.1, 0.15) is 0 Å². The zero-order valence-corrected chi connectivity index (χ0v) is 21.6. The van der Waals surface area contributed by atoms with Crippen LogP contribution in [-0.4, -0.2) is 50.4 Å². The average molecular weight is 533 g/mol. The lowest BCUT2D eigenvalue weighted by molar-refractivity contribution is -0.187. The molecule has 0 aromatic carbocycles. The van der Waals surface area contributed by atoms with Gasteiger partial charge in [0, 0.05) is 35.2 Å². The minimum atomic E-state index is -4.19. The topological polar surface area (TPSA) is 91.3 Å². The van der Waals surface area contributed by atoms with Gasteiger partial charge < -0.3 is 19.7 Å². The summed E-state index contributed by atoms with van der Waals surface area (Å²) >= 11 is 0. The number of H-pyrrole nitrogens is 1. The number of carboxylic acids is 1. The standard InChI is InChI=1S/C28H35F3N4O3/c1-15-10-24(26(36)37)34-27(33-15)35-17-8-9-18(35)12-19(11-17)38-14-22-21(13-32-25(22)16-6-7-16)20-4-2-3-5-23(20)28(29,30)31/h10,13,16-20,23,32H,2-9,11-12,14H2,1H3,(H,36,37)/t17?,18?,19?,20-,23+/m1/s1. The van der Waals surface area contributed by atoms with E-state index in [1.165, 1.54) is 6.07 Å². The highest BCUT2D eigenvalue weighted by atomic mass is 19.4. The molecule has 4 aliphatic rings. The fraction of sp³-hybridized carbons (Fsp3) is 0.679. The summed E-state index contributed by atoms with van der Waals surface area (Å²) in [5.74, 6) is -2.00. The third-order valence-corrected chi connectivity index (χ3v) is 9.07. The van der Waals surface area contributed by atoms with Crippen molar-refractivity contribution in [2.75, 3.05) is 4.90 Å². The van der Waals surface area contributed by atoms with Gasteiger partial charge in [0.2, 0.25) is 5.95 Å². The van der Waals surface area contributed by atoms with E-state index < -0.39 is 24.0 Å². The van der Waals surface area contributed by atoms with E-state index in [4.69, 9.17) is 4.74 Å². The summed E-state index contributed by atoms with van der Waals surface area (Å²) in [7, 11) is 0. The second kappa shape index (κ2) is 9.84. The molecule has 2 aliphatic carbocycles. The SMILES string of the molecule is Cc1cc(C(=O)O)nc(N2C3CCC2CC(OCc2c([C@H]4CCCC[C@@H]4C(F)(F)F)c[nH]c2C2CC2)C3)n1. The predicted molar refractivity (Wildman–Crippen MR) is 134 cm³/mol. The number of alkyl halides is 3. The smallest absolute Gasteiger partial charge is 0.392 e. The molecule has 7 nitrogen and oxygen atoms in total. The third-order valence-electron chi connectivity index (χ3n) is 9.07. The maximum Gasteiger partial charge on any atom is 0.392 e. The van der Waals surface area contributed by atoms with E-state index in [0.29, 0.717) is 37.0 Å². The van der Waals surface area contributed by atoms with E-state index in [9.17, 15) is 23.1 Å². The van der Waals surface area contributed by atoms with E-state index in [1.807, 2.05) is 6.20 Å². The van der Waals surface area contributed by atoms with Gasteiger partial charge in [-0.1, -0.05) is 12.8 Å². The fourth-order valence-electron chi connectivity index (χ4n) is 7.18. The molecule has 4 heterocycles. The highest BCUT2D eigenvalue weighted by molar-refractivity contribution is 5.85. The maximum absolute atomic E-state index is 13.9.